The Hall–Kier alpha value is -1.15. The van der Waals surface area contributed by atoms with E-state index >= 15 is 0 Å². The van der Waals surface area contributed by atoms with Crippen molar-refractivity contribution in [1.29, 1.82) is 0 Å². The Labute approximate surface area is 144 Å². The van der Waals surface area contributed by atoms with Crippen LogP contribution in [0.2, 0.25) is 0 Å². The van der Waals surface area contributed by atoms with Crippen molar-refractivity contribution in [3.8, 4) is 5.75 Å². The maximum atomic E-state index is 12.8. The Balaban J connectivity index is 1.80. The molecule has 1 spiro atoms. The van der Waals surface area contributed by atoms with Crippen LogP contribution in [0.1, 0.15) is 12.8 Å². The molecule has 6 nitrogen and oxygen atoms in total. The van der Waals surface area contributed by atoms with Crippen molar-refractivity contribution >= 4 is 10.0 Å². The summed E-state index contributed by atoms with van der Waals surface area (Å²) >= 11 is 0. The van der Waals surface area contributed by atoms with Gasteiger partial charge >= 0.3 is 0 Å². The number of ether oxygens (including phenoxy) is 2. The molecule has 24 heavy (non-hydrogen) atoms. The minimum absolute atomic E-state index is 0.126. The molecule has 0 unspecified atom stereocenters. The van der Waals surface area contributed by atoms with E-state index in [1.807, 2.05) is 6.07 Å². The molecule has 0 amide bonds. The van der Waals surface area contributed by atoms with Crippen molar-refractivity contribution in [3.05, 3.63) is 24.3 Å². The van der Waals surface area contributed by atoms with Crippen molar-refractivity contribution in [3.63, 3.8) is 0 Å². The molecule has 7 heteroatoms. The average Bonchev–Trinajstić information content (AvgIpc) is 2.59. The highest BCUT2D eigenvalue weighted by Gasteiger charge is 2.41. The second kappa shape index (κ2) is 7.00. The number of methoxy groups -OCH3 is 1. The van der Waals surface area contributed by atoms with Gasteiger partial charge in [0.05, 0.1) is 13.2 Å². The number of para-hydroxylation sites is 1. The summed E-state index contributed by atoms with van der Waals surface area (Å²) in [7, 11) is -0.118. The lowest BCUT2D eigenvalue weighted by Gasteiger charge is -2.44. The number of piperidine rings is 1. The van der Waals surface area contributed by atoms with Crippen LogP contribution >= 0.6 is 0 Å². The summed E-state index contributed by atoms with van der Waals surface area (Å²) in [6, 6.07) is 6.91. The van der Waals surface area contributed by atoms with E-state index in [4.69, 9.17) is 9.47 Å². The van der Waals surface area contributed by atoms with Gasteiger partial charge in [-0.2, -0.15) is 0 Å². The van der Waals surface area contributed by atoms with Crippen LogP contribution in [0, 0.1) is 5.41 Å². The molecule has 0 bridgehead atoms. The third-order valence-electron chi connectivity index (χ3n) is 5.16. The molecule has 1 fully saturated rings. The quantitative estimate of drug-likeness (QED) is 0.822. The predicted octanol–water partition coefficient (Wildman–Crippen LogP) is 1.43. The van der Waals surface area contributed by atoms with Gasteiger partial charge in [-0.25, -0.2) is 12.7 Å². The summed E-state index contributed by atoms with van der Waals surface area (Å²) in [4.78, 5) is 2.63. The van der Waals surface area contributed by atoms with Gasteiger partial charge in [0, 0.05) is 32.7 Å². The fraction of sp³-hybridized carbons (Fsp3) is 0.647. The van der Waals surface area contributed by atoms with Gasteiger partial charge in [-0.05, 0) is 38.1 Å². The van der Waals surface area contributed by atoms with E-state index in [-0.39, 0.29) is 10.3 Å². The SMILES string of the molecule is COCCN1CCC2(CC1)COc1ccccc1S(=O)(=O)N(C)C2. The molecule has 2 heterocycles. The average molecular weight is 354 g/mol. The van der Waals surface area contributed by atoms with Crippen molar-refractivity contribution in [2.24, 2.45) is 5.41 Å². The summed E-state index contributed by atoms with van der Waals surface area (Å²) in [5, 5.41) is 0. The number of hydrogen-bond acceptors (Lipinski definition) is 5. The molecular formula is C17H26N2O4S. The first kappa shape index (κ1) is 17.7. The van der Waals surface area contributed by atoms with Gasteiger partial charge in [-0.1, -0.05) is 12.1 Å². The number of likely N-dealkylation sites (tertiary alicyclic amines) is 1. The Morgan fingerprint density at radius 2 is 1.96 bits per heavy atom. The van der Waals surface area contributed by atoms with Crippen LogP contribution in [0.25, 0.3) is 0 Å². The number of nitrogens with zero attached hydrogens (tertiary/aromatic N) is 2. The fourth-order valence-electron chi connectivity index (χ4n) is 3.56. The highest BCUT2D eigenvalue weighted by molar-refractivity contribution is 7.89. The van der Waals surface area contributed by atoms with E-state index in [0.717, 1.165) is 39.1 Å². The first-order valence-corrected chi connectivity index (χ1v) is 9.80. The van der Waals surface area contributed by atoms with E-state index < -0.39 is 10.0 Å². The molecule has 1 aromatic carbocycles. The van der Waals surface area contributed by atoms with E-state index in [2.05, 4.69) is 4.90 Å². The molecular weight excluding hydrogens is 328 g/mol. The smallest absolute Gasteiger partial charge is 0.246 e. The predicted molar refractivity (Wildman–Crippen MR) is 91.7 cm³/mol. The number of fused-ring (bicyclic) bond motifs is 1. The molecule has 1 aromatic rings. The zero-order chi connectivity index (χ0) is 17.2. The van der Waals surface area contributed by atoms with Crippen LogP contribution in [-0.4, -0.2) is 71.2 Å². The van der Waals surface area contributed by atoms with Gasteiger partial charge in [0.2, 0.25) is 10.0 Å². The van der Waals surface area contributed by atoms with Gasteiger partial charge in [0.15, 0.2) is 0 Å². The molecule has 0 N–H and O–H groups in total. The summed E-state index contributed by atoms with van der Waals surface area (Å²) < 4.78 is 38.3. The molecule has 2 aliphatic heterocycles. The first-order valence-electron chi connectivity index (χ1n) is 8.36. The van der Waals surface area contributed by atoms with E-state index in [9.17, 15) is 8.42 Å². The molecule has 0 aliphatic carbocycles. The standard InChI is InChI=1S/C17H26N2O4S/c1-18-13-17(7-9-19(10-8-17)11-12-22-2)14-23-15-5-3-4-6-16(15)24(18,20)21/h3-6H,7-14H2,1-2H3. The molecule has 1 saturated heterocycles. The van der Waals surface area contributed by atoms with Gasteiger partial charge in [-0.15, -0.1) is 0 Å². The van der Waals surface area contributed by atoms with Crippen LogP contribution in [0.3, 0.4) is 0 Å². The Bertz CT molecular complexity index is 669. The number of benzene rings is 1. The van der Waals surface area contributed by atoms with Crippen LogP contribution in [0.4, 0.5) is 0 Å². The topological polar surface area (TPSA) is 59.1 Å². The minimum Gasteiger partial charge on any atom is -0.492 e. The van der Waals surface area contributed by atoms with Crippen molar-refractivity contribution in [1.82, 2.24) is 9.21 Å². The van der Waals surface area contributed by atoms with Crippen molar-refractivity contribution < 1.29 is 17.9 Å². The second-order valence-electron chi connectivity index (χ2n) is 6.83. The lowest BCUT2D eigenvalue weighted by atomic mass is 9.79. The van der Waals surface area contributed by atoms with Gasteiger partial charge in [-0.3, -0.25) is 0 Å². The summed E-state index contributed by atoms with van der Waals surface area (Å²) in [6.45, 7) is 4.60. The Morgan fingerprint density at radius 3 is 2.67 bits per heavy atom. The first-order chi connectivity index (χ1) is 11.5. The molecule has 0 radical (unpaired) electrons. The molecule has 134 valence electrons. The Morgan fingerprint density at radius 1 is 1.25 bits per heavy atom. The lowest BCUT2D eigenvalue weighted by Crippen LogP contribution is -2.50. The van der Waals surface area contributed by atoms with Crippen LogP contribution < -0.4 is 4.74 Å². The summed E-state index contributed by atoms with van der Waals surface area (Å²) in [5.41, 5.74) is -0.126. The van der Waals surface area contributed by atoms with Gasteiger partial charge < -0.3 is 14.4 Å². The van der Waals surface area contributed by atoms with Crippen LogP contribution in [0.15, 0.2) is 29.2 Å². The van der Waals surface area contributed by atoms with Crippen molar-refractivity contribution in [2.75, 3.05) is 53.6 Å². The zero-order valence-corrected chi connectivity index (χ0v) is 15.2. The minimum atomic E-state index is -3.51. The monoisotopic (exact) mass is 354 g/mol. The van der Waals surface area contributed by atoms with Crippen LogP contribution in [0.5, 0.6) is 5.75 Å². The van der Waals surface area contributed by atoms with E-state index in [1.165, 1.54) is 4.31 Å². The van der Waals surface area contributed by atoms with Gasteiger partial charge in [0.1, 0.15) is 10.6 Å². The lowest BCUT2D eigenvalue weighted by molar-refractivity contribution is 0.0300. The van der Waals surface area contributed by atoms with Gasteiger partial charge in [0.25, 0.3) is 0 Å². The molecule has 0 atom stereocenters. The maximum Gasteiger partial charge on any atom is 0.246 e. The van der Waals surface area contributed by atoms with Crippen molar-refractivity contribution in [2.45, 2.75) is 17.7 Å². The normalized spacial score (nSPS) is 23.9. The second-order valence-corrected chi connectivity index (χ2v) is 8.84. The maximum absolute atomic E-state index is 12.8. The highest BCUT2D eigenvalue weighted by atomic mass is 32.2. The molecule has 0 saturated carbocycles. The fourth-order valence-corrected chi connectivity index (χ4v) is 4.97. The molecule has 0 aromatic heterocycles. The van der Waals surface area contributed by atoms with E-state index in [1.54, 1.807) is 32.4 Å². The highest BCUT2D eigenvalue weighted by Crippen LogP contribution is 2.38. The molecule has 2 aliphatic rings. The zero-order valence-electron chi connectivity index (χ0n) is 14.4. The number of sulfonamides is 1. The third-order valence-corrected chi connectivity index (χ3v) is 7.00. The van der Waals surface area contributed by atoms with Crippen LogP contribution in [-0.2, 0) is 14.8 Å². The largest absolute Gasteiger partial charge is 0.492 e. The molecule has 3 rings (SSSR count). The van der Waals surface area contributed by atoms with E-state index in [0.29, 0.717) is 18.9 Å². The number of rotatable bonds is 3. The summed E-state index contributed by atoms with van der Waals surface area (Å²) in [5.74, 6) is 0.463. The Kier molecular flexibility index (Phi) is 5.15. The summed E-state index contributed by atoms with van der Waals surface area (Å²) in [6.07, 6.45) is 1.86. The third kappa shape index (κ3) is 3.44. The number of hydrogen-bond donors (Lipinski definition) is 0.